The Kier molecular flexibility index (Phi) is 5.48. The van der Waals surface area contributed by atoms with Crippen molar-refractivity contribution in [1.82, 2.24) is 9.88 Å². The Labute approximate surface area is 152 Å². The van der Waals surface area contributed by atoms with Crippen LogP contribution in [0, 0.1) is 0 Å². The second-order valence-electron chi connectivity index (χ2n) is 6.18. The number of anilines is 2. The summed E-state index contributed by atoms with van der Waals surface area (Å²) in [6, 6.07) is 11.0. The molecule has 2 amide bonds. The summed E-state index contributed by atoms with van der Waals surface area (Å²) in [7, 11) is 3.46. The fourth-order valence-electron chi connectivity index (χ4n) is 2.92. The molecule has 0 radical (unpaired) electrons. The van der Waals surface area contributed by atoms with E-state index in [2.05, 4.69) is 10.3 Å². The van der Waals surface area contributed by atoms with Crippen LogP contribution in [0.3, 0.4) is 0 Å². The van der Waals surface area contributed by atoms with Gasteiger partial charge in [-0.15, -0.1) is 0 Å². The Balaban J connectivity index is 1.84. The number of nitrogens with zero attached hydrogens (tertiary/aromatic N) is 3. The third-order valence-corrected chi connectivity index (χ3v) is 4.24. The summed E-state index contributed by atoms with van der Waals surface area (Å²) in [4.78, 5) is 32.6. The van der Waals surface area contributed by atoms with Crippen molar-refractivity contribution in [1.29, 1.82) is 0 Å². The lowest BCUT2D eigenvalue weighted by Crippen LogP contribution is -2.36. The molecule has 7 heteroatoms. The van der Waals surface area contributed by atoms with E-state index in [1.807, 2.05) is 36.2 Å². The van der Waals surface area contributed by atoms with Crippen LogP contribution >= 0.6 is 0 Å². The van der Waals surface area contributed by atoms with Crippen molar-refractivity contribution < 1.29 is 14.3 Å². The summed E-state index contributed by atoms with van der Waals surface area (Å²) >= 11 is 0. The third kappa shape index (κ3) is 4.00. The molecule has 0 unspecified atom stereocenters. The molecule has 0 aliphatic carbocycles. The number of methoxy groups -OCH3 is 1. The van der Waals surface area contributed by atoms with Crippen molar-refractivity contribution in [3.8, 4) is 0 Å². The first kappa shape index (κ1) is 17.9. The molecule has 1 aliphatic heterocycles. The molecule has 3 rings (SSSR count). The van der Waals surface area contributed by atoms with Gasteiger partial charge in [0, 0.05) is 32.5 Å². The first-order valence-electron chi connectivity index (χ1n) is 8.41. The van der Waals surface area contributed by atoms with Crippen molar-refractivity contribution in [2.45, 2.75) is 6.54 Å². The van der Waals surface area contributed by atoms with Crippen LogP contribution in [0.2, 0.25) is 0 Å². The molecule has 1 N–H and O–H groups in total. The number of fused-ring (bicyclic) bond motifs is 1. The normalized spacial score (nSPS) is 13.2. The minimum absolute atomic E-state index is 0.0886. The van der Waals surface area contributed by atoms with Gasteiger partial charge in [0.1, 0.15) is 0 Å². The Morgan fingerprint density at radius 1 is 1.35 bits per heavy atom. The quantitative estimate of drug-likeness (QED) is 0.856. The number of ether oxygens (including phenoxy) is 1. The summed E-state index contributed by atoms with van der Waals surface area (Å²) in [5, 5.41) is 2.83. The number of likely N-dealkylation sites (N-methyl/N-ethyl adjacent to an activating group) is 1. The molecular formula is C19H22N4O3. The number of rotatable bonds is 6. The zero-order valence-electron chi connectivity index (χ0n) is 14.9. The minimum Gasteiger partial charge on any atom is -0.383 e. The van der Waals surface area contributed by atoms with Gasteiger partial charge in [0.25, 0.3) is 5.91 Å². The number of aromatic nitrogens is 1. The van der Waals surface area contributed by atoms with Crippen LogP contribution in [0.15, 0.2) is 42.6 Å². The number of nitrogens with one attached hydrogen (secondary N) is 1. The highest BCUT2D eigenvalue weighted by molar-refractivity contribution is 6.03. The Morgan fingerprint density at radius 2 is 2.19 bits per heavy atom. The van der Waals surface area contributed by atoms with Crippen molar-refractivity contribution in [2.75, 3.05) is 44.1 Å². The van der Waals surface area contributed by atoms with Crippen LogP contribution in [-0.2, 0) is 16.1 Å². The molecule has 0 fully saturated rings. The number of benzene rings is 1. The Morgan fingerprint density at radius 3 is 2.92 bits per heavy atom. The molecule has 0 atom stereocenters. The zero-order valence-corrected chi connectivity index (χ0v) is 14.9. The lowest BCUT2D eigenvalue weighted by Gasteiger charge is -2.28. The van der Waals surface area contributed by atoms with Crippen molar-refractivity contribution in [3.63, 3.8) is 0 Å². The molecule has 2 heterocycles. The Hall–Kier alpha value is -2.93. The highest BCUT2D eigenvalue weighted by Gasteiger charge is 2.22. The average molecular weight is 354 g/mol. The predicted molar refractivity (Wildman–Crippen MR) is 99.2 cm³/mol. The molecule has 136 valence electrons. The fraction of sp³-hybridized carbons (Fsp3) is 0.316. The Bertz CT molecular complexity index is 795. The number of pyridine rings is 1. The van der Waals surface area contributed by atoms with Crippen LogP contribution in [0.1, 0.15) is 16.1 Å². The fourth-order valence-corrected chi connectivity index (χ4v) is 2.92. The number of hydrogen-bond acceptors (Lipinski definition) is 5. The average Bonchev–Trinajstić information content (AvgIpc) is 2.64. The molecule has 1 aromatic carbocycles. The van der Waals surface area contributed by atoms with Crippen LogP contribution in [-0.4, -0.2) is 55.6 Å². The predicted octanol–water partition coefficient (Wildman–Crippen LogP) is 1.76. The smallest absolute Gasteiger partial charge is 0.254 e. The summed E-state index contributed by atoms with van der Waals surface area (Å²) in [6.07, 6.45) is 1.71. The molecular weight excluding hydrogens is 332 g/mol. The van der Waals surface area contributed by atoms with Gasteiger partial charge >= 0.3 is 0 Å². The van der Waals surface area contributed by atoms with Crippen LogP contribution < -0.4 is 10.2 Å². The molecule has 7 nitrogen and oxygen atoms in total. The molecule has 2 aromatic rings. The number of hydrogen-bond donors (Lipinski definition) is 1. The van der Waals surface area contributed by atoms with Gasteiger partial charge < -0.3 is 19.9 Å². The second-order valence-corrected chi connectivity index (χ2v) is 6.18. The van der Waals surface area contributed by atoms with Crippen molar-refractivity contribution in [2.24, 2.45) is 0 Å². The molecule has 1 aliphatic rings. The lowest BCUT2D eigenvalue weighted by molar-refractivity contribution is -0.115. The van der Waals surface area contributed by atoms with Crippen molar-refractivity contribution in [3.05, 3.63) is 53.9 Å². The molecule has 26 heavy (non-hydrogen) atoms. The van der Waals surface area contributed by atoms with E-state index in [1.165, 1.54) is 0 Å². The molecule has 0 saturated heterocycles. The van der Waals surface area contributed by atoms with E-state index in [9.17, 15) is 9.59 Å². The van der Waals surface area contributed by atoms with Crippen LogP contribution in [0.4, 0.5) is 11.4 Å². The number of carbonyl (C=O) groups is 2. The van der Waals surface area contributed by atoms with E-state index in [1.54, 1.807) is 30.3 Å². The summed E-state index contributed by atoms with van der Waals surface area (Å²) in [5.74, 6) is -0.215. The van der Waals surface area contributed by atoms with Crippen LogP contribution in [0.25, 0.3) is 0 Å². The summed E-state index contributed by atoms with van der Waals surface area (Å²) in [6.45, 7) is 1.59. The maximum absolute atomic E-state index is 13.0. The van der Waals surface area contributed by atoms with Gasteiger partial charge in [-0.3, -0.25) is 14.6 Å². The maximum Gasteiger partial charge on any atom is 0.254 e. The largest absolute Gasteiger partial charge is 0.383 e. The molecule has 0 saturated carbocycles. The number of carbonyl (C=O) groups excluding carboxylic acids is 2. The second kappa shape index (κ2) is 7.97. The van der Waals surface area contributed by atoms with Gasteiger partial charge in [0.05, 0.1) is 36.8 Å². The lowest BCUT2D eigenvalue weighted by atomic mass is 10.1. The minimum atomic E-state index is -0.127. The van der Waals surface area contributed by atoms with E-state index in [0.29, 0.717) is 37.5 Å². The topological polar surface area (TPSA) is 74.8 Å². The highest BCUT2D eigenvalue weighted by atomic mass is 16.5. The van der Waals surface area contributed by atoms with Gasteiger partial charge in [-0.2, -0.15) is 0 Å². The van der Waals surface area contributed by atoms with E-state index >= 15 is 0 Å². The van der Waals surface area contributed by atoms with Gasteiger partial charge in [-0.1, -0.05) is 6.07 Å². The maximum atomic E-state index is 13.0. The third-order valence-electron chi connectivity index (χ3n) is 4.24. The van der Waals surface area contributed by atoms with Gasteiger partial charge in [-0.25, -0.2) is 0 Å². The van der Waals surface area contributed by atoms with E-state index in [4.69, 9.17) is 4.74 Å². The monoisotopic (exact) mass is 354 g/mol. The molecule has 1 aromatic heterocycles. The summed E-state index contributed by atoms with van der Waals surface area (Å²) in [5.41, 5.74) is 2.88. The van der Waals surface area contributed by atoms with Crippen molar-refractivity contribution >= 4 is 23.2 Å². The highest BCUT2D eigenvalue weighted by Crippen LogP contribution is 2.29. The van der Waals surface area contributed by atoms with Gasteiger partial charge in [0.2, 0.25) is 5.91 Å². The molecule has 0 spiro atoms. The van der Waals surface area contributed by atoms with Crippen LogP contribution in [0.5, 0.6) is 0 Å². The van der Waals surface area contributed by atoms with E-state index in [0.717, 1.165) is 11.4 Å². The number of amides is 2. The first-order valence-corrected chi connectivity index (χ1v) is 8.41. The van der Waals surface area contributed by atoms with E-state index < -0.39 is 0 Å². The zero-order chi connectivity index (χ0) is 18.5. The standard InChI is InChI=1S/C19H22N4O3/c1-22-13-18(24)21-16-11-14(6-7-17(16)22)19(25)23(9-10-26-2)12-15-5-3-4-8-20-15/h3-8,11H,9-10,12-13H2,1-2H3,(H,21,24). The first-order chi connectivity index (χ1) is 12.6. The molecule has 0 bridgehead atoms. The summed E-state index contributed by atoms with van der Waals surface area (Å²) < 4.78 is 5.14. The SMILES string of the molecule is COCCN(Cc1ccccn1)C(=O)c1ccc2c(c1)NC(=O)CN2C. The van der Waals surface area contributed by atoms with E-state index in [-0.39, 0.29) is 11.8 Å². The van der Waals surface area contributed by atoms with Gasteiger partial charge in [-0.05, 0) is 30.3 Å². The van der Waals surface area contributed by atoms with Gasteiger partial charge in [0.15, 0.2) is 0 Å².